The van der Waals surface area contributed by atoms with Gasteiger partial charge in [0.1, 0.15) is 17.6 Å². The van der Waals surface area contributed by atoms with Gasteiger partial charge in [0, 0.05) is 12.8 Å². The summed E-state index contributed by atoms with van der Waals surface area (Å²) in [5.74, 6) is -0.760. The van der Waals surface area contributed by atoms with E-state index in [-0.39, 0.29) is 24.7 Å². The molecule has 1 aromatic carbocycles. The third kappa shape index (κ3) is 4.49. The van der Waals surface area contributed by atoms with Crippen molar-refractivity contribution in [2.45, 2.75) is 25.3 Å². The number of hydrazone groups is 1. The predicted octanol–water partition coefficient (Wildman–Crippen LogP) is 4.33. The first-order valence-electron chi connectivity index (χ1n) is 9.47. The van der Waals surface area contributed by atoms with Crippen molar-refractivity contribution in [1.29, 1.82) is 0 Å². The van der Waals surface area contributed by atoms with E-state index in [2.05, 4.69) is 5.10 Å². The van der Waals surface area contributed by atoms with Crippen LogP contribution in [0.4, 0.5) is 4.39 Å². The zero-order chi connectivity index (χ0) is 20.9. The lowest BCUT2D eigenvalue weighted by atomic mass is 10.1. The maximum atomic E-state index is 13.7. The van der Waals surface area contributed by atoms with E-state index in [4.69, 9.17) is 9.15 Å². The highest BCUT2D eigenvalue weighted by molar-refractivity contribution is 7.12. The number of halogens is 1. The first-order chi connectivity index (χ1) is 14.6. The van der Waals surface area contributed by atoms with E-state index < -0.39 is 18.5 Å². The zero-order valence-corrected chi connectivity index (χ0v) is 16.8. The minimum Gasteiger partial charge on any atom is -0.467 e. The summed E-state index contributed by atoms with van der Waals surface area (Å²) >= 11 is 1.54. The number of aryl methyl sites for hydroxylation is 1. The van der Waals surface area contributed by atoms with Crippen LogP contribution < -0.4 is 0 Å². The highest BCUT2D eigenvalue weighted by atomic mass is 32.1. The van der Waals surface area contributed by atoms with Crippen LogP contribution in [0.15, 0.2) is 69.7 Å². The summed E-state index contributed by atoms with van der Waals surface area (Å²) < 4.78 is 24.3. The standard InChI is InChI=1S/C22H19FN2O4S/c23-16-6-2-1-5-15(16)9-10-22(27)29-14-21(26)25-18(19-7-3-11-28-19)13-17(24-25)20-8-4-12-30-20/h1-8,11-12,18H,9-10,13-14H2. The Kier molecular flexibility index (Phi) is 6.04. The predicted molar refractivity (Wildman–Crippen MR) is 109 cm³/mol. The third-order valence-corrected chi connectivity index (χ3v) is 5.67. The van der Waals surface area contributed by atoms with E-state index in [0.29, 0.717) is 17.7 Å². The SMILES string of the molecule is O=C(CCc1ccccc1F)OCC(=O)N1N=C(c2cccs2)CC1c1ccco1. The van der Waals surface area contributed by atoms with Gasteiger partial charge in [0.15, 0.2) is 6.61 Å². The Morgan fingerprint density at radius 3 is 2.80 bits per heavy atom. The van der Waals surface area contributed by atoms with Crippen LogP contribution >= 0.6 is 11.3 Å². The van der Waals surface area contributed by atoms with Crippen LogP contribution in [0.3, 0.4) is 0 Å². The lowest BCUT2D eigenvalue weighted by molar-refractivity contribution is -0.152. The molecule has 1 aliphatic heterocycles. The molecule has 1 atom stereocenters. The molecule has 0 aliphatic carbocycles. The Morgan fingerprint density at radius 2 is 2.07 bits per heavy atom. The number of benzene rings is 1. The summed E-state index contributed by atoms with van der Waals surface area (Å²) in [6, 6.07) is 13.3. The second kappa shape index (κ2) is 9.04. The normalized spacial score (nSPS) is 15.8. The van der Waals surface area contributed by atoms with Gasteiger partial charge in [-0.25, -0.2) is 9.40 Å². The number of nitrogens with zero attached hydrogens (tertiary/aromatic N) is 2. The summed E-state index contributed by atoms with van der Waals surface area (Å²) in [6.07, 6.45) is 2.25. The summed E-state index contributed by atoms with van der Waals surface area (Å²) in [5, 5.41) is 7.72. The van der Waals surface area contributed by atoms with Crippen molar-refractivity contribution in [3.63, 3.8) is 0 Å². The molecule has 3 heterocycles. The van der Waals surface area contributed by atoms with Crippen molar-refractivity contribution >= 4 is 28.9 Å². The second-order valence-electron chi connectivity index (χ2n) is 6.75. The van der Waals surface area contributed by atoms with Gasteiger partial charge in [-0.05, 0) is 41.6 Å². The summed E-state index contributed by atoms with van der Waals surface area (Å²) in [6.45, 7) is -0.436. The first kappa shape index (κ1) is 20.0. The average Bonchev–Trinajstić information content (AvgIpc) is 3.51. The Hall–Kier alpha value is -3.26. The zero-order valence-electron chi connectivity index (χ0n) is 16.0. The molecule has 154 valence electrons. The number of ether oxygens (including phenoxy) is 1. The van der Waals surface area contributed by atoms with E-state index in [1.807, 2.05) is 17.5 Å². The fourth-order valence-corrected chi connectivity index (χ4v) is 3.97. The smallest absolute Gasteiger partial charge is 0.306 e. The van der Waals surface area contributed by atoms with Gasteiger partial charge in [0.2, 0.25) is 0 Å². The minimum atomic E-state index is -0.567. The number of hydrogen-bond acceptors (Lipinski definition) is 6. The van der Waals surface area contributed by atoms with Crippen LogP contribution in [0, 0.1) is 5.82 Å². The van der Waals surface area contributed by atoms with Gasteiger partial charge in [0.25, 0.3) is 5.91 Å². The van der Waals surface area contributed by atoms with Gasteiger partial charge in [0.05, 0.1) is 16.9 Å². The maximum Gasteiger partial charge on any atom is 0.306 e. The monoisotopic (exact) mass is 426 g/mol. The number of thiophene rings is 1. The number of carbonyl (C=O) groups excluding carboxylic acids is 2. The lowest BCUT2D eigenvalue weighted by Crippen LogP contribution is -2.31. The first-order valence-corrected chi connectivity index (χ1v) is 10.4. The Balaban J connectivity index is 1.38. The number of esters is 1. The van der Waals surface area contributed by atoms with Gasteiger partial charge in [-0.15, -0.1) is 11.3 Å². The molecule has 6 nitrogen and oxygen atoms in total. The summed E-state index contributed by atoms with van der Waals surface area (Å²) in [4.78, 5) is 25.8. The van der Waals surface area contributed by atoms with Gasteiger partial charge < -0.3 is 9.15 Å². The summed E-state index contributed by atoms with van der Waals surface area (Å²) in [7, 11) is 0. The fraction of sp³-hybridized carbons (Fsp3) is 0.227. The molecular weight excluding hydrogens is 407 g/mol. The fourth-order valence-electron chi connectivity index (χ4n) is 3.25. The highest BCUT2D eigenvalue weighted by Crippen LogP contribution is 2.34. The molecule has 4 rings (SSSR count). The number of carbonyl (C=O) groups is 2. The Morgan fingerprint density at radius 1 is 1.20 bits per heavy atom. The van der Waals surface area contributed by atoms with E-state index in [9.17, 15) is 14.0 Å². The molecular formula is C22H19FN2O4S. The van der Waals surface area contributed by atoms with Crippen LogP contribution in [0.2, 0.25) is 0 Å². The van der Waals surface area contributed by atoms with Gasteiger partial charge >= 0.3 is 5.97 Å². The van der Waals surface area contributed by atoms with Crippen LogP contribution in [0.25, 0.3) is 0 Å². The number of furan rings is 1. The van der Waals surface area contributed by atoms with Crippen molar-refractivity contribution in [3.05, 3.63) is 82.2 Å². The van der Waals surface area contributed by atoms with Crippen molar-refractivity contribution in [2.24, 2.45) is 5.10 Å². The van der Waals surface area contributed by atoms with Gasteiger partial charge in [-0.3, -0.25) is 9.59 Å². The Bertz CT molecular complexity index is 1050. The van der Waals surface area contributed by atoms with E-state index in [1.54, 1.807) is 47.9 Å². The van der Waals surface area contributed by atoms with Gasteiger partial charge in [-0.2, -0.15) is 5.10 Å². The van der Waals surface area contributed by atoms with E-state index >= 15 is 0 Å². The molecule has 0 bridgehead atoms. The molecule has 1 unspecified atom stereocenters. The molecule has 8 heteroatoms. The second-order valence-corrected chi connectivity index (χ2v) is 7.70. The molecule has 1 amide bonds. The van der Waals surface area contributed by atoms with Crippen molar-refractivity contribution in [1.82, 2.24) is 5.01 Å². The molecule has 30 heavy (non-hydrogen) atoms. The lowest BCUT2D eigenvalue weighted by Gasteiger charge is -2.19. The van der Waals surface area contributed by atoms with E-state index in [0.717, 1.165) is 10.6 Å². The average molecular weight is 426 g/mol. The van der Waals surface area contributed by atoms with Crippen LogP contribution in [0.1, 0.15) is 35.1 Å². The van der Waals surface area contributed by atoms with Crippen molar-refractivity contribution in [2.75, 3.05) is 6.61 Å². The van der Waals surface area contributed by atoms with E-state index in [1.165, 1.54) is 11.1 Å². The highest BCUT2D eigenvalue weighted by Gasteiger charge is 2.35. The molecule has 0 radical (unpaired) electrons. The Labute approximate surface area is 176 Å². The summed E-state index contributed by atoms with van der Waals surface area (Å²) in [5.41, 5.74) is 1.22. The van der Waals surface area contributed by atoms with Crippen LogP contribution in [0.5, 0.6) is 0 Å². The van der Waals surface area contributed by atoms with Gasteiger partial charge in [-0.1, -0.05) is 24.3 Å². The molecule has 0 spiro atoms. The largest absolute Gasteiger partial charge is 0.467 e. The van der Waals surface area contributed by atoms with Crippen molar-refractivity contribution < 1.29 is 23.1 Å². The molecule has 0 N–H and O–H groups in total. The molecule has 0 saturated heterocycles. The van der Waals surface area contributed by atoms with Crippen molar-refractivity contribution in [3.8, 4) is 0 Å². The molecule has 0 saturated carbocycles. The van der Waals surface area contributed by atoms with Crippen LogP contribution in [-0.2, 0) is 20.7 Å². The maximum absolute atomic E-state index is 13.7. The molecule has 3 aromatic rings. The van der Waals surface area contributed by atoms with Crippen LogP contribution in [-0.4, -0.2) is 29.2 Å². The third-order valence-electron chi connectivity index (χ3n) is 4.76. The molecule has 1 aliphatic rings. The number of hydrogen-bond donors (Lipinski definition) is 0. The number of rotatable bonds is 7. The number of amides is 1. The molecule has 2 aromatic heterocycles. The topological polar surface area (TPSA) is 72.1 Å². The quantitative estimate of drug-likeness (QED) is 0.527. The minimum absolute atomic E-state index is 0.0143. The molecule has 0 fully saturated rings.